The maximum absolute atomic E-state index is 11.9. The molecule has 2 rings (SSSR count). The monoisotopic (exact) mass is 352 g/mol. The maximum atomic E-state index is 11.9. The predicted octanol–water partition coefficient (Wildman–Crippen LogP) is 2.72. The molecule has 0 aromatic carbocycles. The van der Waals surface area contributed by atoms with Crippen LogP contribution in [0.2, 0.25) is 0 Å². The van der Waals surface area contributed by atoms with Crippen LogP contribution in [-0.2, 0) is 10.0 Å². The fraction of sp³-hybridized carbons (Fsp3) is 0.647. The zero-order valence-electron chi connectivity index (χ0n) is 14.8. The van der Waals surface area contributed by atoms with Crippen molar-refractivity contribution in [1.82, 2.24) is 14.7 Å². The molecule has 0 radical (unpaired) electrons. The van der Waals surface area contributed by atoms with Crippen LogP contribution in [0.1, 0.15) is 56.3 Å². The molecule has 1 aromatic rings. The van der Waals surface area contributed by atoms with Gasteiger partial charge in [-0.05, 0) is 26.7 Å². The van der Waals surface area contributed by atoms with Crippen LogP contribution in [0.15, 0.2) is 18.9 Å². The van der Waals surface area contributed by atoms with Crippen LogP contribution in [0.3, 0.4) is 0 Å². The number of nitrogens with one attached hydrogen (secondary N) is 1. The van der Waals surface area contributed by atoms with Gasteiger partial charge in [0.1, 0.15) is 0 Å². The Morgan fingerprint density at radius 1 is 1.42 bits per heavy atom. The molecule has 1 aliphatic rings. The van der Waals surface area contributed by atoms with Gasteiger partial charge in [-0.1, -0.05) is 25.3 Å². The van der Waals surface area contributed by atoms with Gasteiger partial charge < -0.3 is 4.90 Å². The van der Waals surface area contributed by atoms with E-state index in [1.807, 2.05) is 14.0 Å². The Balaban J connectivity index is 2.12. The highest BCUT2D eigenvalue weighted by Gasteiger charge is 2.22. The third-order valence-electron chi connectivity index (χ3n) is 4.60. The Morgan fingerprint density at radius 3 is 2.67 bits per heavy atom. The number of anilines is 1. The minimum Gasteiger partial charge on any atom is -0.341 e. The van der Waals surface area contributed by atoms with E-state index in [1.54, 1.807) is 13.1 Å². The van der Waals surface area contributed by atoms with E-state index >= 15 is 0 Å². The first-order valence-corrected chi connectivity index (χ1v) is 10.2. The summed E-state index contributed by atoms with van der Waals surface area (Å²) >= 11 is 0. The molecular formula is C17H28N4O2S. The van der Waals surface area contributed by atoms with Gasteiger partial charge in [-0.2, -0.15) is 0 Å². The molecule has 1 aliphatic carbocycles. The van der Waals surface area contributed by atoms with Crippen molar-refractivity contribution in [1.29, 1.82) is 0 Å². The van der Waals surface area contributed by atoms with Gasteiger partial charge in [0, 0.05) is 36.6 Å². The van der Waals surface area contributed by atoms with E-state index in [2.05, 4.69) is 26.2 Å². The second-order valence-corrected chi connectivity index (χ2v) is 8.32. The Kier molecular flexibility index (Phi) is 6.34. The van der Waals surface area contributed by atoms with Crippen molar-refractivity contribution in [2.75, 3.05) is 17.7 Å². The first kappa shape index (κ1) is 18.9. The summed E-state index contributed by atoms with van der Waals surface area (Å²) in [6, 6.07) is 0.122. The van der Waals surface area contributed by atoms with Crippen molar-refractivity contribution in [2.24, 2.45) is 0 Å². The Morgan fingerprint density at radius 2 is 2.08 bits per heavy atom. The van der Waals surface area contributed by atoms with Crippen molar-refractivity contribution in [3.8, 4) is 0 Å². The normalized spacial score (nSPS) is 17.5. The fourth-order valence-corrected chi connectivity index (χ4v) is 4.30. The molecule has 6 nitrogen and oxygen atoms in total. The van der Waals surface area contributed by atoms with E-state index in [-0.39, 0.29) is 11.8 Å². The highest BCUT2D eigenvalue weighted by molar-refractivity contribution is 7.89. The number of aromatic nitrogens is 2. The van der Waals surface area contributed by atoms with Crippen LogP contribution >= 0.6 is 0 Å². The number of hydrogen-bond donors (Lipinski definition) is 1. The topological polar surface area (TPSA) is 75.2 Å². The number of nitrogens with zero attached hydrogens (tertiary/aromatic N) is 3. The summed E-state index contributed by atoms with van der Waals surface area (Å²) in [5.74, 6) is 0.615. The first-order chi connectivity index (χ1) is 11.3. The molecule has 24 heavy (non-hydrogen) atoms. The number of sulfonamides is 1. The molecule has 0 unspecified atom stereocenters. The highest BCUT2D eigenvalue weighted by Crippen LogP contribution is 2.25. The van der Waals surface area contributed by atoms with Crippen molar-refractivity contribution in [3.63, 3.8) is 0 Å². The van der Waals surface area contributed by atoms with E-state index in [1.165, 1.54) is 38.2 Å². The smallest absolute Gasteiger partial charge is 0.225 e. The van der Waals surface area contributed by atoms with Crippen molar-refractivity contribution in [2.45, 2.75) is 58.0 Å². The van der Waals surface area contributed by atoms with Crippen LogP contribution in [0, 0.1) is 6.92 Å². The third kappa shape index (κ3) is 4.77. The van der Waals surface area contributed by atoms with E-state index in [0.717, 1.165) is 11.3 Å². The van der Waals surface area contributed by atoms with E-state index < -0.39 is 10.0 Å². The molecule has 0 saturated heterocycles. The average Bonchev–Trinajstić information content (AvgIpc) is 2.54. The van der Waals surface area contributed by atoms with Gasteiger partial charge in [0.25, 0.3) is 0 Å². The zero-order valence-corrected chi connectivity index (χ0v) is 15.6. The van der Waals surface area contributed by atoms with Gasteiger partial charge in [-0.25, -0.2) is 23.1 Å². The van der Waals surface area contributed by atoms with Crippen molar-refractivity contribution in [3.05, 3.63) is 30.1 Å². The maximum Gasteiger partial charge on any atom is 0.225 e. The van der Waals surface area contributed by atoms with Gasteiger partial charge >= 0.3 is 0 Å². The Hall–Kier alpha value is -1.47. The highest BCUT2D eigenvalue weighted by atomic mass is 32.2. The SMILES string of the molecule is C=CCS(=O)(=O)N[C@@H](C)c1cnc(N(C)C2CCCCC2)nc1C. The Bertz CT molecular complexity index is 669. The molecule has 1 aromatic heterocycles. The average molecular weight is 353 g/mol. The van der Waals surface area contributed by atoms with Crippen LogP contribution in [-0.4, -0.2) is 37.2 Å². The van der Waals surface area contributed by atoms with Gasteiger partial charge in [-0.3, -0.25) is 0 Å². The minimum absolute atomic E-state index is 0.0975. The van der Waals surface area contributed by atoms with E-state index in [4.69, 9.17) is 0 Å². The van der Waals surface area contributed by atoms with Crippen LogP contribution < -0.4 is 9.62 Å². The predicted molar refractivity (Wildman–Crippen MR) is 97.6 cm³/mol. The third-order valence-corrected chi connectivity index (χ3v) is 5.99. The molecule has 1 heterocycles. The summed E-state index contributed by atoms with van der Waals surface area (Å²) in [6.45, 7) is 7.17. The number of rotatable bonds is 7. The van der Waals surface area contributed by atoms with Crippen molar-refractivity contribution >= 4 is 16.0 Å². The Labute approximate surface area is 145 Å². The van der Waals surface area contributed by atoms with Crippen LogP contribution in [0.4, 0.5) is 5.95 Å². The zero-order chi connectivity index (χ0) is 17.7. The first-order valence-electron chi connectivity index (χ1n) is 8.51. The molecular weight excluding hydrogens is 324 g/mol. The van der Waals surface area contributed by atoms with Gasteiger partial charge in [-0.15, -0.1) is 6.58 Å². The van der Waals surface area contributed by atoms with E-state index in [0.29, 0.717) is 12.0 Å². The lowest BCUT2D eigenvalue weighted by molar-refractivity contribution is 0.424. The molecule has 0 bridgehead atoms. The number of aryl methyl sites for hydroxylation is 1. The lowest BCUT2D eigenvalue weighted by Crippen LogP contribution is -2.35. The molecule has 0 aliphatic heterocycles. The summed E-state index contributed by atoms with van der Waals surface area (Å²) in [5.41, 5.74) is 1.60. The minimum atomic E-state index is -3.37. The molecule has 1 atom stereocenters. The van der Waals surface area contributed by atoms with E-state index in [9.17, 15) is 8.42 Å². The largest absolute Gasteiger partial charge is 0.341 e. The molecule has 7 heteroatoms. The fourth-order valence-electron chi connectivity index (χ4n) is 3.23. The molecule has 1 fully saturated rings. The van der Waals surface area contributed by atoms with Crippen LogP contribution in [0.25, 0.3) is 0 Å². The lowest BCUT2D eigenvalue weighted by atomic mass is 9.95. The van der Waals surface area contributed by atoms with Gasteiger partial charge in [0.15, 0.2) is 0 Å². The second-order valence-electron chi connectivity index (χ2n) is 6.52. The summed E-state index contributed by atoms with van der Waals surface area (Å²) < 4.78 is 26.4. The van der Waals surface area contributed by atoms with Crippen molar-refractivity contribution < 1.29 is 8.42 Å². The molecule has 134 valence electrons. The van der Waals surface area contributed by atoms with Gasteiger partial charge in [0.2, 0.25) is 16.0 Å². The molecule has 1 N–H and O–H groups in total. The summed E-state index contributed by atoms with van der Waals surface area (Å²) in [5, 5.41) is 0. The lowest BCUT2D eigenvalue weighted by Gasteiger charge is -2.31. The van der Waals surface area contributed by atoms with Gasteiger partial charge in [0.05, 0.1) is 5.75 Å². The molecule has 0 spiro atoms. The second kappa shape index (κ2) is 8.07. The summed E-state index contributed by atoms with van der Waals surface area (Å²) in [6.07, 6.45) is 9.30. The number of hydrogen-bond acceptors (Lipinski definition) is 5. The molecule has 0 amide bonds. The molecule has 1 saturated carbocycles. The quantitative estimate of drug-likeness (QED) is 0.764. The summed E-state index contributed by atoms with van der Waals surface area (Å²) in [4.78, 5) is 11.2. The standard InChI is InChI=1S/C17H28N4O2S/c1-5-11-24(22,23)20-14(3)16-12-18-17(19-13(16)2)21(4)15-9-7-6-8-10-15/h5,12,14-15,20H,1,6-11H2,2-4H3/t14-/m0/s1. The van der Waals surface area contributed by atoms with Crippen LogP contribution in [0.5, 0.6) is 0 Å². The summed E-state index contributed by atoms with van der Waals surface area (Å²) in [7, 11) is -1.33.